The van der Waals surface area contributed by atoms with Crippen LogP contribution in [0.2, 0.25) is 5.02 Å². The van der Waals surface area contributed by atoms with E-state index in [2.05, 4.69) is 11.0 Å². The molecule has 21 heavy (non-hydrogen) atoms. The predicted molar refractivity (Wildman–Crippen MR) is 89.9 cm³/mol. The average Bonchev–Trinajstić information content (AvgIpc) is 2.46. The van der Waals surface area contributed by atoms with Crippen molar-refractivity contribution < 1.29 is 4.74 Å². The van der Waals surface area contributed by atoms with E-state index in [0.29, 0.717) is 5.02 Å². The van der Waals surface area contributed by atoms with Crippen LogP contribution in [0.5, 0.6) is 5.75 Å². The summed E-state index contributed by atoms with van der Waals surface area (Å²) in [4.78, 5) is 2.05. The number of ether oxygens (including phenoxy) is 1. The summed E-state index contributed by atoms with van der Waals surface area (Å²) in [6.45, 7) is 1.99. The third kappa shape index (κ3) is 3.49. The molecule has 0 aliphatic rings. The van der Waals surface area contributed by atoms with Crippen LogP contribution in [-0.4, -0.2) is 20.2 Å². The summed E-state index contributed by atoms with van der Waals surface area (Å²) in [5, 5.41) is 0.710. The van der Waals surface area contributed by atoms with Crippen LogP contribution in [0.25, 0.3) is 0 Å². The smallest absolute Gasteiger partial charge is 0.142 e. The molecule has 0 aliphatic carbocycles. The van der Waals surface area contributed by atoms with Gasteiger partial charge in [-0.15, -0.1) is 0 Å². The van der Waals surface area contributed by atoms with Crippen LogP contribution in [0, 0.1) is 0 Å². The lowest BCUT2D eigenvalue weighted by molar-refractivity contribution is 0.415. The highest BCUT2D eigenvalue weighted by Crippen LogP contribution is 2.38. The largest absolute Gasteiger partial charge is 0.495 e. The van der Waals surface area contributed by atoms with Gasteiger partial charge in [-0.1, -0.05) is 35.9 Å². The first-order chi connectivity index (χ1) is 10.0. The summed E-state index contributed by atoms with van der Waals surface area (Å²) in [7, 11) is 3.66. The van der Waals surface area contributed by atoms with Crippen molar-refractivity contribution in [3.8, 4) is 5.75 Å². The molecule has 3 nitrogen and oxygen atoms in total. The number of nitrogens with zero attached hydrogens (tertiary/aromatic N) is 1. The minimum absolute atomic E-state index is 0.0771. The molecule has 2 aromatic carbocycles. The molecule has 0 heterocycles. The molecule has 0 aliphatic heterocycles. The number of benzene rings is 2. The van der Waals surface area contributed by atoms with Gasteiger partial charge in [-0.3, -0.25) is 0 Å². The third-order valence-electron chi connectivity index (χ3n) is 3.39. The number of hydrogen-bond donors (Lipinski definition) is 1. The standard InChI is InChI=1S/C17H21ClN2O/c1-12(19)11-13-7-6-8-14(18)17(13)20(2)15-9-4-5-10-16(15)21-3/h4-10,12H,11,19H2,1-3H3. The Kier molecular flexibility index (Phi) is 5.10. The molecule has 0 radical (unpaired) electrons. The van der Waals surface area contributed by atoms with Crippen LogP contribution < -0.4 is 15.4 Å². The van der Waals surface area contributed by atoms with E-state index >= 15 is 0 Å². The molecule has 0 fully saturated rings. The maximum Gasteiger partial charge on any atom is 0.142 e. The fourth-order valence-corrected chi connectivity index (χ4v) is 2.80. The number of para-hydroxylation sites is 3. The zero-order chi connectivity index (χ0) is 15.4. The van der Waals surface area contributed by atoms with Crippen molar-refractivity contribution in [2.75, 3.05) is 19.1 Å². The van der Waals surface area contributed by atoms with Crippen LogP contribution in [0.3, 0.4) is 0 Å². The molecule has 2 aromatic rings. The van der Waals surface area contributed by atoms with Gasteiger partial charge in [0.2, 0.25) is 0 Å². The quantitative estimate of drug-likeness (QED) is 0.907. The Morgan fingerprint density at radius 2 is 1.90 bits per heavy atom. The van der Waals surface area contributed by atoms with Crippen LogP contribution in [0.1, 0.15) is 12.5 Å². The number of nitrogens with two attached hydrogens (primary N) is 1. The second-order valence-corrected chi connectivity index (χ2v) is 5.57. The van der Waals surface area contributed by atoms with Gasteiger partial charge in [-0.25, -0.2) is 0 Å². The van der Waals surface area contributed by atoms with E-state index < -0.39 is 0 Å². The van der Waals surface area contributed by atoms with Crippen molar-refractivity contribution in [3.05, 3.63) is 53.1 Å². The average molecular weight is 305 g/mol. The van der Waals surface area contributed by atoms with Gasteiger partial charge in [0.1, 0.15) is 5.75 Å². The van der Waals surface area contributed by atoms with E-state index in [-0.39, 0.29) is 6.04 Å². The number of anilines is 2. The van der Waals surface area contributed by atoms with Gasteiger partial charge < -0.3 is 15.4 Å². The topological polar surface area (TPSA) is 38.5 Å². The van der Waals surface area contributed by atoms with E-state index in [1.165, 1.54) is 0 Å². The molecule has 0 bridgehead atoms. The first kappa shape index (κ1) is 15.7. The van der Waals surface area contributed by atoms with Gasteiger partial charge >= 0.3 is 0 Å². The van der Waals surface area contributed by atoms with Crippen molar-refractivity contribution in [1.82, 2.24) is 0 Å². The molecular weight excluding hydrogens is 284 g/mol. The highest BCUT2D eigenvalue weighted by molar-refractivity contribution is 6.33. The van der Waals surface area contributed by atoms with E-state index in [4.69, 9.17) is 22.1 Å². The molecular formula is C17H21ClN2O. The highest BCUT2D eigenvalue weighted by atomic mass is 35.5. The lowest BCUT2D eigenvalue weighted by Gasteiger charge is -2.26. The lowest BCUT2D eigenvalue weighted by atomic mass is 10.0. The Morgan fingerprint density at radius 1 is 1.19 bits per heavy atom. The molecule has 0 spiro atoms. The highest BCUT2D eigenvalue weighted by Gasteiger charge is 2.16. The van der Waals surface area contributed by atoms with Crippen LogP contribution >= 0.6 is 11.6 Å². The first-order valence-corrected chi connectivity index (χ1v) is 7.32. The van der Waals surface area contributed by atoms with Crippen LogP contribution in [0.15, 0.2) is 42.5 Å². The molecule has 0 saturated heterocycles. The van der Waals surface area contributed by atoms with Crippen LogP contribution in [-0.2, 0) is 6.42 Å². The molecule has 112 valence electrons. The molecule has 0 saturated carbocycles. The Morgan fingerprint density at radius 3 is 2.57 bits per heavy atom. The summed E-state index contributed by atoms with van der Waals surface area (Å²) in [5.41, 5.74) is 9.03. The van der Waals surface area contributed by atoms with Crippen molar-refractivity contribution in [2.24, 2.45) is 5.73 Å². The summed E-state index contributed by atoms with van der Waals surface area (Å²) in [6, 6.07) is 13.9. The second-order valence-electron chi connectivity index (χ2n) is 5.16. The van der Waals surface area contributed by atoms with Gasteiger partial charge in [-0.2, -0.15) is 0 Å². The normalized spacial score (nSPS) is 12.0. The third-order valence-corrected chi connectivity index (χ3v) is 3.70. The first-order valence-electron chi connectivity index (χ1n) is 6.94. The summed E-state index contributed by atoms with van der Waals surface area (Å²) in [6.07, 6.45) is 0.773. The lowest BCUT2D eigenvalue weighted by Crippen LogP contribution is -2.20. The van der Waals surface area contributed by atoms with E-state index in [1.807, 2.05) is 50.4 Å². The zero-order valence-electron chi connectivity index (χ0n) is 12.6. The van der Waals surface area contributed by atoms with E-state index in [9.17, 15) is 0 Å². The fourth-order valence-electron chi connectivity index (χ4n) is 2.47. The second kappa shape index (κ2) is 6.83. The molecule has 0 aromatic heterocycles. The summed E-state index contributed by atoms with van der Waals surface area (Å²) in [5.74, 6) is 0.812. The summed E-state index contributed by atoms with van der Waals surface area (Å²) < 4.78 is 5.44. The Bertz CT molecular complexity index is 613. The monoisotopic (exact) mass is 304 g/mol. The van der Waals surface area contributed by atoms with Gasteiger partial charge in [0.15, 0.2) is 0 Å². The minimum atomic E-state index is 0.0771. The van der Waals surface area contributed by atoms with Crippen LogP contribution in [0.4, 0.5) is 11.4 Å². The summed E-state index contributed by atoms with van der Waals surface area (Å²) >= 11 is 6.43. The Balaban J connectivity index is 2.49. The van der Waals surface area contributed by atoms with E-state index in [1.54, 1.807) is 7.11 Å². The van der Waals surface area contributed by atoms with Gasteiger partial charge in [0, 0.05) is 13.1 Å². The number of methoxy groups -OCH3 is 1. The van der Waals surface area contributed by atoms with Gasteiger partial charge in [0.05, 0.1) is 23.5 Å². The number of halogens is 1. The zero-order valence-corrected chi connectivity index (χ0v) is 13.4. The fraction of sp³-hybridized carbons (Fsp3) is 0.294. The minimum Gasteiger partial charge on any atom is -0.495 e. The molecule has 1 atom stereocenters. The molecule has 4 heteroatoms. The van der Waals surface area contributed by atoms with E-state index in [0.717, 1.165) is 29.1 Å². The molecule has 0 amide bonds. The van der Waals surface area contributed by atoms with Gasteiger partial charge in [0.25, 0.3) is 0 Å². The van der Waals surface area contributed by atoms with Crippen molar-refractivity contribution >= 4 is 23.0 Å². The maximum absolute atomic E-state index is 6.43. The number of hydrogen-bond acceptors (Lipinski definition) is 3. The maximum atomic E-state index is 6.43. The predicted octanol–water partition coefficient (Wildman–Crippen LogP) is 4.01. The van der Waals surface area contributed by atoms with Crippen molar-refractivity contribution in [3.63, 3.8) is 0 Å². The van der Waals surface area contributed by atoms with Crippen molar-refractivity contribution in [2.45, 2.75) is 19.4 Å². The Hall–Kier alpha value is -1.71. The van der Waals surface area contributed by atoms with Gasteiger partial charge in [-0.05, 0) is 37.1 Å². The Labute approximate surface area is 131 Å². The molecule has 2 N–H and O–H groups in total. The molecule has 1 unspecified atom stereocenters. The van der Waals surface area contributed by atoms with Crippen molar-refractivity contribution in [1.29, 1.82) is 0 Å². The number of rotatable bonds is 5. The molecule has 2 rings (SSSR count). The SMILES string of the molecule is COc1ccccc1N(C)c1c(Cl)cccc1CC(C)N.